The molecule has 0 bridgehead atoms. The van der Waals surface area contributed by atoms with Crippen LogP contribution in [0.1, 0.15) is 96.8 Å². The van der Waals surface area contributed by atoms with Crippen LogP contribution in [0.2, 0.25) is 0 Å². The number of halogens is 1. The molecule has 0 heterocycles. The van der Waals surface area contributed by atoms with Crippen LogP contribution in [0.4, 0.5) is 4.39 Å². The van der Waals surface area contributed by atoms with E-state index in [-0.39, 0.29) is 5.78 Å². The van der Waals surface area contributed by atoms with Crippen molar-refractivity contribution in [2.75, 3.05) is 6.67 Å². The van der Waals surface area contributed by atoms with Gasteiger partial charge in [-0.25, -0.2) is 4.39 Å². The molecule has 1 nitrogen and oxygen atoms in total. The third-order valence-corrected chi connectivity index (χ3v) is 3.87. The van der Waals surface area contributed by atoms with Gasteiger partial charge in [-0.1, -0.05) is 70.4 Å². The van der Waals surface area contributed by atoms with E-state index >= 15 is 0 Å². The van der Waals surface area contributed by atoms with Crippen molar-refractivity contribution in [1.29, 1.82) is 0 Å². The van der Waals surface area contributed by atoms with Crippen molar-refractivity contribution < 1.29 is 9.18 Å². The Labute approximate surface area is 131 Å². The van der Waals surface area contributed by atoms with Crippen molar-refractivity contribution in [2.24, 2.45) is 0 Å². The molecule has 0 atom stereocenters. The predicted octanol–water partition coefficient (Wildman–Crippen LogP) is 6.56. The monoisotopic (exact) mass is 298 g/mol. The summed E-state index contributed by atoms with van der Waals surface area (Å²) < 4.78 is 11.9. The van der Waals surface area contributed by atoms with E-state index in [0.717, 1.165) is 12.8 Å². The second kappa shape index (κ2) is 17.4. The van der Waals surface area contributed by atoms with Gasteiger partial charge in [0.2, 0.25) is 0 Å². The van der Waals surface area contributed by atoms with E-state index in [2.05, 4.69) is 19.1 Å². The molecule has 0 aromatic heterocycles. The highest BCUT2D eigenvalue weighted by Crippen LogP contribution is 2.10. The van der Waals surface area contributed by atoms with Gasteiger partial charge in [-0.2, -0.15) is 0 Å². The molecule has 0 unspecified atom stereocenters. The number of carbonyl (C=O) groups is 1. The standard InChI is InChI=1S/C19H35FO/c1-2-3-4-5-6-7-8-9-10-11-12-13-14-15-16-17-19(21)18-20/h9-10H,2-8,11-18H2,1H3/b10-9-. The minimum Gasteiger partial charge on any atom is -0.297 e. The second-order valence-corrected chi connectivity index (χ2v) is 6.01. The Bertz CT molecular complexity index is 248. The summed E-state index contributed by atoms with van der Waals surface area (Å²) in [5, 5.41) is 0. The average molecular weight is 298 g/mol. The highest BCUT2D eigenvalue weighted by Gasteiger charge is 1.99. The van der Waals surface area contributed by atoms with Gasteiger partial charge in [0.05, 0.1) is 0 Å². The smallest absolute Gasteiger partial charge is 0.163 e. The third kappa shape index (κ3) is 17.3. The molecule has 0 spiro atoms. The molecule has 0 aromatic carbocycles. The van der Waals surface area contributed by atoms with Crippen LogP contribution >= 0.6 is 0 Å². The predicted molar refractivity (Wildman–Crippen MR) is 90.4 cm³/mol. The lowest BCUT2D eigenvalue weighted by Gasteiger charge is -1.99. The van der Waals surface area contributed by atoms with Crippen LogP contribution in [0.3, 0.4) is 0 Å². The zero-order valence-electron chi connectivity index (χ0n) is 14.0. The van der Waals surface area contributed by atoms with E-state index in [4.69, 9.17) is 0 Å². The van der Waals surface area contributed by atoms with Gasteiger partial charge < -0.3 is 0 Å². The van der Waals surface area contributed by atoms with E-state index < -0.39 is 6.67 Å². The number of ketones is 1. The highest BCUT2D eigenvalue weighted by molar-refractivity contribution is 5.79. The Kier molecular flexibility index (Phi) is 16.8. The molecule has 0 rings (SSSR count). The van der Waals surface area contributed by atoms with Gasteiger partial charge in [-0.05, 0) is 32.1 Å². The van der Waals surface area contributed by atoms with Crippen LogP contribution in [-0.4, -0.2) is 12.5 Å². The number of alkyl halides is 1. The minimum absolute atomic E-state index is 0.243. The van der Waals surface area contributed by atoms with Crippen LogP contribution in [0, 0.1) is 0 Å². The SMILES string of the molecule is CCCCCCCC/C=C\CCCCCCCC(=O)CF. The maximum Gasteiger partial charge on any atom is 0.163 e. The summed E-state index contributed by atoms with van der Waals surface area (Å²) in [4.78, 5) is 10.8. The molecule has 0 radical (unpaired) electrons. The number of unbranched alkanes of at least 4 members (excludes halogenated alkanes) is 11. The van der Waals surface area contributed by atoms with Crippen LogP contribution in [0.5, 0.6) is 0 Å². The number of hydrogen-bond acceptors (Lipinski definition) is 1. The van der Waals surface area contributed by atoms with E-state index in [1.54, 1.807) is 0 Å². The Hall–Kier alpha value is -0.660. The highest BCUT2D eigenvalue weighted by atomic mass is 19.1. The fourth-order valence-electron chi connectivity index (χ4n) is 2.46. The first kappa shape index (κ1) is 20.3. The van der Waals surface area contributed by atoms with Crippen molar-refractivity contribution in [3.05, 3.63) is 12.2 Å². The molecule has 21 heavy (non-hydrogen) atoms. The van der Waals surface area contributed by atoms with E-state index in [1.807, 2.05) is 0 Å². The normalized spacial score (nSPS) is 11.3. The Morgan fingerprint density at radius 1 is 0.762 bits per heavy atom. The molecule has 0 fully saturated rings. The molecule has 0 amide bonds. The largest absolute Gasteiger partial charge is 0.297 e. The van der Waals surface area contributed by atoms with Crippen LogP contribution in [-0.2, 0) is 4.79 Å². The molecule has 0 aliphatic rings. The zero-order chi connectivity index (χ0) is 15.6. The van der Waals surface area contributed by atoms with Crippen LogP contribution < -0.4 is 0 Å². The quantitative estimate of drug-likeness (QED) is 0.233. The molecule has 2 heteroatoms. The topological polar surface area (TPSA) is 17.1 Å². The first-order valence-electron chi connectivity index (χ1n) is 9.04. The van der Waals surface area contributed by atoms with Gasteiger partial charge in [-0.15, -0.1) is 0 Å². The van der Waals surface area contributed by atoms with Crippen molar-refractivity contribution >= 4 is 5.78 Å². The summed E-state index contributed by atoms with van der Waals surface area (Å²) in [5.74, 6) is -0.243. The fraction of sp³-hybridized carbons (Fsp3) is 0.842. The summed E-state index contributed by atoms with van der Waals surface area (Å²) in [6, 6.07) is 0. The van der Waals surface area contributed by atoms with E-state index in [1.165, 1.54) is 70.6 Å². The first-order valence-corrected chi connectivity index (χ1v) is 9.04. The molecule has 0 N–H and O–H groups in total. The Morgan fingerprint density at radius 3 is 1.76 bits per heavy atom. The van der Waals surface area contributed by atoms with E-state index in [9.17, 15) is 9.18 Å². The summed E-state index contributed by atoms with van der Waals surface area (Å²) in [6.45, 7) is 1.47. The van der Waals surface area contributed by atoms with Crippen molar-refractivity contribution in [2.45, 2.75) is 96.8 Å². The van der Waals surface area contributed by atoms with Gasteiger partial charge in [-0.3, -0.25) is 4.79 Å². The summed E-state index contributed by atoms with van der Waals surface area (Å²) in [7, 11) is 0. The van der Waals surface area contributed by atoms with E-state index in [0.29, 0.717) is 6.42 Å². The van der Waals surface area contributed by atoms with Gasteiger partial charge >= 0.3 is 0 Å². The van der Waals surface area contributed by atoms with Crippen LogP contribution in [0.15, 0.2) is 12.2 Å². The first-order chi connectivity index (χ1) is 10.3. The Balaban J connectivity index is 3.10. The maximum absolute atomic E-state index is 11.9. The van der Waals surface area contributed by atoms with Crippen molar-refractivity contribution in [3.8, 4) is 0 Å². The van der Waals surface area contributed by atoms with Gasteiger partial charge in [0.1, 0.15) is 6.67 Å². The number of Topliss-reactive ketones (excluding diaryl/α,β-unsaturated/α-hetero) is 1. The summed E-state index contributed by atoms with van der Waals surface area (Å²) in [5.41, 5.74) is 0. The lowest BCUT2D eigenvalue weighted by Crippen LogP contribution is -1.98. The van der Waals surface area contributed by atoms with Gasteiger partial charge in [0.15, 0.2) is 5.78 Å². The fourth-order valence-corrected chi connectivity index (χ4v) is 2.46. The molecule has 0 aliphatic heterocycles. The molecule has 0 aliphatic carbocycles. The molecular weight excluding hydrogens is 263 g/mol. The van der Waals surface area contributed by atoms with Crippen molar-refractivity contribution in [3.63, 3.8) is 0 Å². The van der Waals surface area contributed by atoms with Crippen molar-refractivity contribution in [1.82, 2.24) is 0 Å². The number of carbonyl (C=O) groups excluding carboxylic acids is 1. The number of hydrogen-bond donors (Lipinski definition) is 0. The molecule has 0 saturated heterocycles. The summed E-state index contributed by atoms with van der Waals surface area (Å²) in [6.07, 6.45) is 21.3. The molecular formula is C19H35FO. The molecule has 0 saturated carbocycles. The Morgan fingerprint density at radius 2 is 1.24 bits per heavy atom. The van der Waals surface area contributed by atoms with Crippen LogP contribution in [0.25, 0.3) is 0 Å². The second-order valence-electron chi connectivity index (χ2n) is 6.01. The van der Waals surface area contributed by atoms with Gasteiger partial charge in [0, 0.05) is 6.42 Å². The lowest BCUT2D eigenvalue weighted by molar-refractivity contribution is -0.120. The lowest BCUT2D eigenvalue weighted by atomic mass is 10.1. The number of rotatable bonds is 16. The summed E-state index contributed by atoms with van der Waals surface area (Å²) >= 11 is 0. The number of allylic oxidation sites excluding steroid dienone is 2. The minimum atomic E-state index is -0.788. The maximum atomic E-state index is 11.9. The third-order valence-electron chi connectivity index (χ3n) is 3.87. The molecule has 124 valence electrons. The average Bonchev–Trinajstić information content (AvgIpc) is 2.50. The zero-order valence-corrected chi connectivity index (χ0v) is 14.0. The van der Waals surface area contributed by atoms with Gasteiger partial charge in [0.25, 0.3) is 0 Å². The molecule has 0 aromatic rings.